The van der Waals surface area contributed by atoms with Crippen molar-refractivity contribution < 1.29 is 56.2 Å². The van der Waals surface area contributed by atoms with Crippen LogP contribution < -0.4 is 51.4 Å². The van der Waals surface area contributed by atoms with E-state index in [0.29, 0.717) is 0 Å². The van der Waals surface area contributed by atoms with E-state index in [1.807, 2.05) is 6.92 Å². The van der Waals surface area contributed by atoms with E-state index in [2.05, 4.69) is 9.99 Å². The first-order valence-corrected chi connectivity index (χ1v) is 1.90. The molecule has 34 valence electrons. The van der Waals surface area contributed by atoms with Crippen LogP contribution in [0, 0.1) is 6.61 Å². The SMILES string of the molecule is CC1=NO[CH-]C1.[K+]. The fraction of sp³-hybridized carbons (Fsp3) is 0.500. The maximum Gasteiger partial charge on any atom is 1.00 e. The minimum Gasteiger partial charge on any atom is -0.567 e. The second-order valence-electron chi connectivity index (χ2n) is 1.30. The number of oxime groups is 1. The van der Waals surface area contributed by atoms with Crippen LogP contribution in [0.3, 0.4) is 0 Å². The van der Waals surface area contributed by atoms with Gasteiger partial charge in [-0.05, 0) is 6.92 Å². The average molecular weight is 123 g/mol. The van der Waals surface area contributed by atoms with Crippen LogP contribution >= 0.6 is 0 Å². The van der Waals surface area contributed by atoms with Crippen molar-refractivity contribution in [3.63, 3.8) is 0 Å². The summed E-state index contributed by atoms with van der Waals surface area (Å²) in [5, 5.41) is 3.60. The molecule has 0 fully saturated rings. The molecule has 1 heterocycles. The molecule has 0 unspecified atom stereocenters. The molecule has 0 aliphatic carbocycles. The van der Waals surface area contributed by atoms with Crippen molar-refractivity contribution in [2.75, 3.05) is 0 Å². The Morgan fingerprint density at radius 1 is 1.86 bits per heavy atom. The third kappa shape index (κ3) is 2.82. The van der Waals surface area contributed by atoms with Crippen molar-refractivity contribution in [3.05, 3.63) is 6.61 Å². The Labute approximate surface area is 85.7 Å². The summed E-state index contributed by atoms with van der Waals surface area (Å²) in [6, 6.07) is 0. The summed E-state index contributed by atoms with van der Waals surface area (Å²) in [7, 11) is 0. The Kier molecular flexibility index (Phi) is 4.67. The largest absolute Gasteiger partial charge is 1.00 e. The fourth-order valence-electron chi connectivity index (χ4n) is 0.322. The zero-order valence-electron chi connectivity index (χ0n) is 4.64. The summed E-state index contributed by atoms with van der Waals surface area (Å²) in [5.41, 5.74) is 1.05. The first kappa shape index (κ1) is 8.11. The van der Waals surface area contributed by atoms with Gasteiger partial charge in [0.2, 0.25) is 0 Å². The fourth-order valence-corrected chi connectivity index (χ4v) is 0.322. The van der Waals surface area contributed by atoms with Crippen LogP contribution in [0.15, 0.2) is 5.16 Å². The molecule has 2 nitrogen and oxygen atoms in total. The van der Waals surface area contributed by atoms with Crippen molar-refractivity contribution in [1.82, 2.24) is 0 Å². The third-order valence-electron chi connectivity index (χ3n) is 0.662. The summed E-state index contributed by atoms with van der Waals surface area (Å²) in [4.78, 5) is 4.52. The molecule has 1 aliphatic heterocycles. The van der Waals surface area contributed by atoms with Crippen molar-refractivity contribution in [1.29, 1.82) is 0 Å². The predicted octanol–water partition coefficient (Wildman–Crippen LogP) is -2.05. The Bertz CT molecular complexity index is 81.8. The Morgan fingerprint density at radius 2 is 2.57 bits per heavy atom. The van der Waals surface area contributed by atoms with Crippen LogP contribution in [0.5, 0.6) is 0 Å². The van der Waals surface area contributed by atoms with Gasteiger partial charge in [0.25, 0.3) is 0 Å². The van der Waals surface area contributed by atoms with Crippen molar-refractivity contribution in [3.8, 4) is 0 Å². The first-order valence-electron chi connectivity index (χ1n) is 1.90. The summed E-state index contributed by atoms with van der Waals surface area (Å²) in [6.45, 7) is 3.61. The van der Waals surface area contributed by atoms with E-state index in [1.54, 1.807) is 6.61 Å². The summed E-state index contributed by atoms with van der Waals surface area (Å²) < 4.78 is 0. The molecule has 0 saturated heterocycles. The smallest absolute Gasteiger partial charge is 0.567 e. The van der Waals surface area contributed by atoms with Gasteiger partial charge in [0.15, 0.2) is 0 Å². The molecule has 0 aromatic carbocycles. The van der Waals surface area contributed by atoms with E-state index >= 15 is 0 Å². The quantitative estimate of drug-likeness (QED) is 0.268. The molecule has 0 aromatic rings. The monoisotopic (exact) mass is 123 g/mol. The molecule has 7 heavy (non-hydrogen) atoms. The van der Waals surface area contributed by atoms with Crippen molar-refractivity contribution >= 4 is 5.71 Å². The molecule has 3 heteroatoms. The van der Waals surface area contributed by atoms with Gasteiger partial charge in [-0.25, -0.2) is 0 Å². The van der Waals surface area contributed by atoms with Crippen LogP contribution in [0.1, 0.15) is 13.3 Å². The van der Waals surface area contributed by atoms with E-state index in [-0.39, 0.29) is 51.4 Å². The zero-order chi connectivity index (χ0) is 4.41. The Balaban J connectivity index is 0.000000360. The molecule has 1 rings (SSSR count). The molecular weight excluding hydrogens is 117 g/mol. The van der Waals surface area contributed by atoms with Gasteiger partial charge in [0, 0.05) is 5.71 Å². The maximum atomic E-state index is 4.52. The molecule has 0 atom stereocenters. The third-order valence-corrected chi connectivity index (χ3v) is 0.662. The van der Waals surface area contributed by atoms with E-state index in [4.69, 9.17) is 0 Å². The van der Waals surface area contributed by atoms with Gasteiger partial charge in [-0.2, -0.15) is 0 Å². The van der Waals surface area contributed by atoms with Gasteiger partial charge < -0.3 is 4.84 Å². The maximum absolute atomic E-state index is 4.52. The molecule has 1 aliphatic rings. The topological polar surface area (TPSA) is 21.6 Å². The second-order valence-corrected chi connectivity index (χ2v) is 1.30. The Hall–Kier alpha value is 1.11. The van der Waals surface area contributed by atoms with Crippen LogP contribution in [0.2, 0.25) is 0 Å². The van der Waals surface area contributed by atoms with E-state index in [9.17, 15) is 0 Å². The van der Waals surface area contributed by atoms with Crippen LogP contribution in [-0.2, 0) is 4.84 Å². The molecule has 0 saturated carbocycles. The van der Waals surface area contributed by atoms with Crippen LogP contribution in [-0.4, -0.2) is 5.71 Å². The van der Waals surface area contributed by atoms with E-state index in [0.717, 1.165) is 12.1 Å². The zero-order valence-corrected chi connectivity index (χ0v) is 7.76. The molecule has 0 spiro atoms. The molecule has 0 radical (unpaired) electrons. The summed E-state index contributed by atoms with van der Waals surface area (Å²) >= 11 is 0. The van der Waals surface area contributed by atoms with Gasteiger partial charge in [0.1, 0.15) is 0 Å². The average Bonchev–Trinajstić information content (AvgIpc) is 1.86. The number of hydrogen-bond donors (Lipinski definition) is 0. The standard InChI is InChI=1S/C4H6NO.K/c1-4-2-3-6-5-4;/h3H,2H2,1H3;/q-1;+1. The first-order chi connectivity index (χ1) is 2.89. The summed E-state index contributed by atoms with van der Waals surface area (Å²) in [5.74, 6) is 0. The van der Waals surface area contributed by atoms with Gasteiger partial charge in [-0.1, -0.05) is 0 Å². The molecule has 0 amide bonds. The van der Waals surface area contributed by atoms with E-state index < -0.39 is 0 Å². The van der Waals surface area contributed by atoms with E-state index in [1.165, 1.54) is 0 Å². The van der Waals surface area contributed by atoms with Gasteiger partial charge in [0.05, 0.1) is 0 Å². The van der Waals surface area contributed by atoms with Crippen molar-refractivity contribution in [2.45, 2.75) is 13.3 Å². The number of rotatable bonds is 0. The molecule has 0 bridgehead atoms. The summed E-state index contributed by atoms with van der Waals surface area (Å²) in [6.07, 6.45) is 0.889. The van der Waals surface area contributed by atoms with Gasteiger partial charge in [-0.3, -0.25) is 0 Å². The second kappa shape index (κ2) is 4.03. The number of hydrogen-bond acceptors (Lipinski definition) is 2. The molecular formula is C4H6KNO. The van der Waals surface area contributed by atoms with Crippen LogP contribution in [0.4, 0.5) is 0 Å². The van der Waals surface area contributed by atoms with Gasteiger partial charge >= 0.3 is 51.4 Å². The minimum atomic E-state index is 0. The Morgan fingerprint density at radius 3 is 2.71 bits per heavy atom. The van der Waals surface area contributed by atoms with Crippen LogP contribution in [0.25, 0.3) is 0 Å². The molecule has 0 aromatic heterocycles. The minimum absolute atomic E-state index is 0. The predicted molar refractivity (Wildman–Crippen MR) is 23.1 cm³/mol. The normalized spacial score (nSPS) is 17.0. The van der Waals surface area contributed by atoms with Crippen molar-refractivity contribution in [2.24, 2.45) is 5.16 Å². The van der Waals surface area contributed by atoms with Gasteiger partial charge in [-0.15, -0.1) is 18.2 Å². The molecule has 0 N–H and O–H groups in total. The number of nitrogens with zero attached hydrogens (tertiary/aromatic N) is 1.